The van der Waals surface area contributed by atoms with E-state index in [1.807, 2.05) is 13.8 Å². The number of halogens is 2. The third-order valence-corrected chi connectivity index (χ3v) is 5.50. The van der Waals surface area contributed by atoms with Crippen LogP contribution in [0, 0.1) is 13.8 Å². The van der Waals surface area contributed by atoms with Crippen molar-refractivity contribution in [1.82, 2.24) is 10.2 Å². The smallest absolute Gasteiger partial charge is 0.412 e. The van der Waals surface area contributed by atoms with E-state index in [0.717, 1.165) is 17.0 Å². The molecule has 0 aliphatic heterocycles. The Morgan fingerprint density at radius 1 is 1.15 bits per heavy atom. The monoisotopic (exact) mass is 391 g/mol. The first-order valence-corrected chi connectivity index (χ1v) is 7.72. The molecular weight excluding hydrogens is 371 g/mol. The van der Waals surface area contributed by atoms with Crippen LogP contribution in [-0.2, 0) is 20.7 Å². The minimum atomic E-state index is -0.872. The van der Waals surface area contributed by atoms with Gasteiger partial charge in [-0.15, -0.1) is 11.8 Å². The van der Waals surface area contributed by atoms with Crippen LogP contribution in [0.2, 0.25) is 0 Å². The van der Waals surface area contributed by atoms with Crippen molar-refractivity contribution in [2.24, 2.45) is 0 Å². The first kappa shape index (κ1) is 22.9. The van der Waals surface area contributed by atoms with Crippen LogP contribution in [0.3, 0.4) is 0 Å². The summed E-state index contributed by atoms with van der Waals surface area (Å²) >= 11 is 14.7. The molecule has 1 aliphatic rings. The molecular formula is C12H22Cl2CuN2O2S+2. The van der Waals surface area contributed by atoms with Crippen LogP contribution in [0.15, 0.2) is 0 Å². The minimum Gasteiger partial charge on any atom is -0.412 e. The summed E-state index contributed by atoms with van der Waals surface area (Å²) in [7, 11) is 0. The van der Waals surface area contributed by atoms with E-state index in [1.165, 1.54) is 32.1 Å². The Kier molecular flexibility index (Phi) is 10.9. The van der Waals surface area contributed by atoms with Crippen LogP contribution in [0.1, 0.15) is 49.1 Å². The Hall–Kier alpha value is 0.579. The van der Waals surface area contributed by atoms with Gasteiger partial charge >= 0.3 is 17.1 Å². The number of hydrogen-bond donors (Lipinski definition) is 1. The minimum absolute atomic E-state index is 0. The molecule has 1 aliphatic carbocycles. The van der Waals surface area contributed by atoms with E-state index in [2.05, 4.69) is 10.2 Å². The van der Waals surface area contributed by atoms with Crippen molar-refractivity contribution in [1.29, 1.82) is 0 Å². The molecule has 5 N–H and O–H groups in total. The molecule has 0 atom stereocenters. The molecule has 1 radical (unpaired) electrons. The predicted octanol–water partition coefficient (Wildman–Crippen LogP) is 3.03. The largest absolute Gasteiger partial charge is 2.00 e. The van der Waals surface area contributed by atoms with Gasteiger partial charge in [0.1, 0.15) is 0 Å². The third kappa shape index (κ3) is 5.41. The maximum absolute atomic E-state index is 6.52. The van der Waals surface area contributed by atoms with Gasteiger partial charge in [-0.25, -0.2) is 0 Å². The quantitative estimate of drug-likeness (QED) is 0.632. The molecule has 0 saturated heterocycles. The number of alkyl halides is 2. The number of thioether (sulfide) groups is 1. The van der Waals surface area contributed by atoms with Gasteiger partial charge in [-0.2, -0.15) is 5.10 Å². The number of aryl methyl sites for hydroxylation is 2. The van der Waals surface area contributed by atoms with Crippen LogP contribution in [0.5, 0.6) is 0 Å². The van der Waals surface area contributed by atoms with Gasteiger partial charge in [0.25, 0.3) is 0 Å². The normalized spacial score (nSPS) is 15.8. The number of aromatic nitrogens is 2. The van der Waals surface area contributed by atoms with E-state index >= 15 is 0 Å². The molecule has 0 unspecified atom stereocenters. The van der Waals surface area contributed by atoms with Gasteiger partial charge in [-0.3, -0.25) is 5.10 Å². The molecule has 0 spiro atoms. The molecule has 0 amide bonds. The van der Waals surface area contributed by atoms with E-state index in [9.17, 15) is 0 Å². The summed E-state index contributed by atoms with van der Waals surface area (Å²) in [5.41, 5.74) is 2.81. The number of rotatable bonds is 3. The summed E-state index contributed by atoms with van der Waals surface area (Å²) in [6, 6.07) is 0. The Balaban J connectivity index is 0. The molecule has 2 rings (SSSR count). The maximum Gasteiger partial charge on any atom is 2.00 e. The van der Waals surface area contributed by atoms with Gasteiger partial charge < -0.3 is 11.0 Å². The fourth-order valence-corrected chi connectivity index (χ4v) is 5.15. The summed E-state index contributed by atoms with van der Waals surface area (Å²) < 4.78 is -0.872. The molecule has 1 aromatic rings. The maximum atomic E-state index is 6.52. The molecule has 4 nitrogen and oxygen atoms in total. The number of hydrogen-bond acceptors (Lipinski definition) is 2. The van der Waals surface area contributed by atoms with E-state index in [0.29, 0.717) is 5.25 Å². The van der Waals surface area contributed by atoms with E-state index in [4.69, 9.17) is 23.2 Å². The number of H-pyrrole nitrogens is 1. The molecule has 1 aromatic heterocycles. The SMILES string of the molecule is Cc1n[nH]c(C)c1C(Cl)(Cl)SC1CCCCC1.O.O.[Cu+2]. The van der Waals surface area contributed by atoms with Crippen molar-refractivity contribution in [2.75, 3.05) is 0 Å². The number of nitrogens with zero attached hydrogens (tertiary/aromatic N) is 1. The summed E-state index contributed by atoms with van der Waals surface area (Å²) in [5.74, 6) is 0. The Morgan fingerprint density at radius 2 is 1.70 bits per heavy atom. The van der Waals surface area contributed by atoms with Crippen LogP contribution < -0.4 is 0 Å². The molecule has 20 heavy (non-hydrogen) atoms. The second-order valence-electron chi connectivity index (χ2n) is 4.70. The van der Waals surface area contributed by atoms with Gasteiger partial charge in [0.15, 0.2) is 3.67 Å². The van der Waals surface area contributed by atoms with Crippen molar-refractivity contribution >= 4 is 35.0 Å². The molecule has 121 valence electrons. The number of aromatic amines is 1. The van der Waals surface area contributed by atoms with Crippen molar-refractivity contribution in [3.8, 4) is 0 Å². The zero-order valence-electron chi connectivity index (χ0n) is 11.5. The molecule has 1 saturated carbocycles. The van der Waals surface area contributed by atoms with E-state index in [-0.39, 0.29) is 28.0 Å². The van der Waals surface area contributed by atoms with Crippen molar-refractivity contribution in [3.05, 3.63) is 17.0 Å². The van der Waals surface area contributed by atoms with Crippen molar-refractivity contribution in [3.63, 3.8) is 0 Å². The molecule has 1 fully saturated rings. The zero-order chi connectivity index (χ0) is 12.5. The first-order valence-electron chi connectivity index (χ1n) is 6.08. The molecule has 8 heteroatoms. The summed E-state index contributed by atoms with van der Waals surface area (Å²) in [5, 5.41) is 7.69. The topological polar surface area (TPSA) is 91.7 Å². The van der Waals surface area contributed by atoms with Crippen molar-refractivity contribution < 1.29 is 28.0 Å². The average Bonchev–Trinajstić information content (AvgIpc) is 2.59. The Labute approximate surface area is 144 Å². The van der Waals surface area contributed by atoms with Crippen LogP contribution >= 0.6 is 35.0 Å². The Bertz CT molecular complexity index is 379. The van der Waals surface area contributed by atoms with Gasteiger partial charge in [-0.05, 0) is 26.7 Å². The second-order valence-corrected chi connectivity index (χ2v) is 7.99. The molecule has 0 aromatic carbocycles. The van der Waals surface area contributed by atoms with Gasteiger partial charge in [-0.1, -0.05) is 42.5 Å². The fourth-order valence-electron chi connectivity index (χ4n) is 2.43. The summed E-state index contributed by atoms with van der Waals surface area (Å²) in [4.78, 5) is 0. The van der Waals surface area contributed by atoms with Gasteiger partial charge in [0, 0.05) is 16.5 Å². The Morgan fingerprint density at radius 3 is 2.15 bits per heavy atom. The zero-order valence-corrected chi connectivity index (χ0v) is 14.8. The molecule has 1 heterocycles. The standard InChI is InChI=1S/C12H18Cl2N2S.Cu.2H2O/c1-8-11(9(2)16-15-8)12(13,14)17-10-6-4-3-5-7-10;;;/h10H,3-7H2,1-2H3,(H,15,16);;2*1H2/q;+2;;. The van der Waals surface area contributed by atoms with Crippen LogP contribution in [0.25, 0.3) is 0 Å². The third-order valence-electron chi connectivity index (χ3n) is 3.29. The van der Waals surface area contributed by atoms with E-state index in [1.54, 1.807) is 11.8 Å². The fraction of sp³-hybridized carbons (Fsp3) is 0.750. The van der Waals surface area contributed by atoms with Crippen LogP contribution in [0.4, 0.5) is 0 Å². The van der Waals surface area contributed by atoms with E-state index < -0.39 is 3.67 Å². The predicted molar refractivity (Wildman–Crippen MR) is 83.1 cm³/mol. The van der Waals surface area contributed by atoms with Gasteiger partial charge in [0.05, 0.1) is 5.69 Å². The second kappa shape index (κ2) is 9.57. The first-order chi connectivity index (χ1) is 8.00. The van der Waals surface area contributed by atoms with Crippen molar-refractivity contribution in [2.45, 2.75) is 54.9 Å². The number of nitrogens with one attached hydrogen (secondary N) is 1. The molecule has 0 bridgehead atoms. The summed E-state index contributed by atoms with van der Waals surface area (Å²) in [6.45, 7) is 3.91. The van der Waals surface area contributed by atoms with Gasteiger partial charge in [0.2, 0.25) is 0 Å². The average molecular weight is 393 g/mol. The van der Waals surface area contributed by atoms with Crippen LogP contribution in [-0.4, -0.2) is 26.4 Å². The summed E-state index contributed by atoms with van der Waals surface area (Å²) in [6.07, 6.45) is 6.39.